The largest absolute Gasteiger partial charge is 0.396 e. The number of aliphatic hydroxyl groups excluding tert-OH is 3. The number of aldehydes is 1. The molecule has 0 aromatic carbocycles. The number of terminal acetylenes is 1. The molecule has 194 valence electrons. The van der Waals surface area contributed by atoms with Gasteiger partial charge < -0.3 is 20.1 Å². The molecular formula is C29H48O5. The Labute approximate surface area is 207 Å². The highest BCUT2D eigenvalue weighted by Crippen LogP contribution is 2.65. The van der Waals surface area contributed by atoms with Crippen molar-refractivity contribution in [2.45, 2.75) is 92.8 Å². The van der Waals surface area contributed by atoms with Crippen LogP contribution in [0.3, 0.4) is 0 Å². The van der Waals surface area contributed by atoms with Crippen LogP contribution in [0.4, 0.5) is 0 Å². The van der Waals surface area contributed by atoms with Crippen LogP contribution < -0.4 is 0 Å². The lowest BCUT2D eigenvalue weighted by atomic mass is 9.47. The minimum atomic E-state index is -0.409. The van der Waals surface area contributed by atoms with Gasteiger partial charge in [0.15, 0.2) is 5.78 Å². The number of allylic oxidation sites excluding steroid dienone is 4. The molecule has 0 bridgehead atoms. The lowest BCUT2D eigenvalue weighted by Gasteiger charge is -2.58. The van der Waals surface area contributed by atoms with Gasteiger partial charge >= 0.3 is 0 Å². The highest BCUT2D eigenvalue weighted by Gasteiger charge is 2.62. The maximum absolute atomic E-state index is 11.8. The maximum Gasteiger partial charge on any atom is 0.178 e. The molecular weight excluding hydrogens is 428 g/mol. The van der Waals surface area contributed by atoms with Gasteiger partial charge in [0.05, 0.1) is 12.2 Å². The summed E-state index contributed by atoms with van der Waals surface area (Å²) in [6.45, 7) is 14.5. The molecule has 3 fully saturated rings. The zero-order chi connectivity index (χ0) is 26.7. The molecule has 0 radical (unpaired) electrons. The van der Waals surface area contributed by atoms with E-state index in [-0.39, 0.29) is 41.7 Å². The first-order valence-electron chi connectivity index (χ1n) is 12.9. The summed E-state index contributed by atoms with van der Waals surface area (Å²) >= 11 is 0. The smallest absolute Gasteiger partial charge is 0.178 e. The van der Waals surface area contributed by atoms with Gasteiger partial charge in [-0.05, 0) is 61.0 Å². The molecule has 7 unspecified atom stereocenters. The van der Waals surface area contributed by atoms with Crippen molar-refractivity contribution in [1.82, 2.24) is 0 Å². The van der Waals surface area contributed by atoms with Crippen molar-refractivity contribution in [3.05, 3.63) is 23.8 Å². The molecule has 5 heteroatoms. The molecule has 0 spiro atoms. The summed E-state index contributed by atoms with van der Waals surface area (Å²) in [7, 11) is 0. The van der Waals surface area contributed by atoms with Gasteiger partial charge in [0.1, 0.15) is 6.29 Å². The fourth-order valence-corrected chi connectivity index (χ4v) is 6.72. The van der Waals surface area contributed by atoms with Crippen LogP contribution in [-0.2, 0) is 9.59 Å². The predicted molar refractivity (Wildman–Crippen MR) is 139 cm³/mol. The summed E-state index contributed by atoms with van der Waals surface area (Å²) < 4.78 is 0. The van der Waals surface area contributed by atoms with E-state index in [2.05, 4.69) is 33.6 Å². The van der Waals surface area contributed by atoms with Gasteiger partial charge in [-0.3, -0.25) is 4.79 Å². The average molecular weight is 477 g/mol. The summed E-state index contributed by atoms with van der Waals surface area (Å²) in [5.41, 5.74) is 0.834. The van der Waals surface area contributed by atoms with Gasteiger partial charge in [0.2, 0.25) is 0 Å². The molecule has 0 amide bonds. The van der Waals surface area contributed by atoms with E-state index in [0.29, 0.717) is 30.5 Å². The van der Waals surface area contributed by atoms with Crippen LogP contribution in [-0.4, -0.2) is 46.2 Å². The average Bonchev–Trinajstić information content (AvgIpc) is 3.07. The molecule has 4 rings (SSSR count). The Morgan fingerprint density at radius 3 is 2.24 bits per heavy atom. The lowest BCUT2D eigenvalue weighted by Crippen LogP contribution is -2.56. The highest BCUT2D eigenvalue weighted by atomic mass is 16.3. The number of carbonyl (C=O) groups is 2. The lowest BCUT2D eigenvalue weighted by molar-refractivity contribution is -0.131. The van der Waals surface area contributed by atoms with Crippen molar-refractivity contribution in [3.63, 3.8) is 0 Å². The summed E-state index contributed by atoms with van der Waals surface area (Å²) in [5, 5.41) is 29.6. The van der Waals surface area contributed by atoms with E-state index in [4.69, 9.17) is 5.11 Å². The van der Waals surface area contributed by atoms with Gasteiger partial charge in [0.25, 0.3) is 0 Å². The summed E-state index contributed by atoms with van der Waals surface area (Å²) in [6.07, 6.45) is 17.5. The zero-order valence-corrected chi connectivity index (χ0v) is 22.3. The Morgan fingerprint density at radius 1 is 1.15 bits per heavy atom. The van der Waals surface area contributed by atoms with Gasteiger partial charge in [-0.1, -0.05) is 60.1 Å². The normalized spacial score (nSPS) is 38.7. The molecule has 0 aromatic rings. The van der Waals surface area contributed by atoms with Crippen LogP contribution in [0.5, 0.6) is 0 Å². The van der Waals surface area contributed by atoms with E-state index in [1.165, 1.54) is 5.57 Å². The van der Waals surface area contributed by atoms with Crippen LogP contribution in [0.15, 0.2) is 23.8 Å². The summed E-state index contributed by atoms with van der Waals surface area (Å²) in [6, 6.07) is 0. The number of rotatable bonds is 2. The maximum atomic E-state index is 11.8. The van der Waals surface area contributed by atoms with E-state index in [9.17, 15) is 19.8 Å². The topological polar surface area (TPSA) is 94.8 Å². The number of carbonyl (C=O) groups excluding carboxylic acids is 2. The van der Waals surface area contributed by atoms with Crippen molar-refractivity contribution in [2.24, 2.45) is 34.5 Å². The van der Waals surface area contributed by atoms with Crippen molar-refractivity contribution in [1.29, 1.82) is 0 Å². The van der Waals surface area contributed by atoms with Crippen LogP contribution in [0.25, 0.3) is 0 Å². The minimum Gasteiger partial charge on any atom is -0.396 e. The van der Waals surface area contributed by atoms with Gasteiger partial charge in [-0.15, -0.1) is 12.8 Å². The molecule has 0 aliphatic heterocycles. The number of hydrogen-bond donors (Lipinski definition) is 3. The van der Waals surface area contributed by atoms with E-state index in [0.717, 1.165) is 19.3 Å². The number of aliphatic hydroxyl groups is 3. The van der Waals surface area contributed by atoms with Crippen molar-refractivity contribution in [2.75, 3.05) is 6.61 Å². The first-order chi connectivity index (χ1) is 16.2. The second kappa shape index (κ2) is 14.6. The molecule has 34 heavy (non-hydrogen) atoms. The molecule has 8 atom stereocenters. The first kappa shape index (κ1) is 32.3. The zero-order valence-electron chi connectivity index (χ0n) is 22.3. The molecule has 0 saturated heterocycles. The number of ketones is 1. The van der Waals surface area contributed by atoms with Crippen molar-refractivity contribution >= 4 is 12.1 Å². The van der Waals surface area contributed by atoms with Gasteiger partial charge in [-0.25, -0.2) is 0 Å². The van der Waals surface area contributed by atoms with E-state index in [1.54, 1.807) is 12.2 Å². The number of hydrogen-bond acceptors (Lipinski definition) is 5. The van der Waals surface area contributed by atoms with E-state index in [1.807, 2.05) is 33.8 Å². The van der Waals surface area contributed by atoms with Gasteiger partial charge in [-0.2, -0.15) is 0 Å². The Kier molecular flexibility index (Phi) is 13.9. The van der Waals surface area contributed by atoms with E-state index < -0.39 is 6.10 Å². The highest BCUT2D eigenvalue weighted by molar-refractivity contribution is 6.01. The second-order valence-corrected chi connectivity index (χ2v) is 9.64. The molecule has 0 heterocycles. The number of fused-ring (bicyclic) bond motifs is 5. The van der Waals surface area contributed by atoms with Crippen LogP contribution >= 0.6 is 0 Å². The Balaban J connectivity index is 0.000000856. The Bertz CT molecular complexity index is 723. The van der Waals surface area contributed by atoms with Crippen LogP contribution in [0, 0.1) is 47.3 Å². The van der Waals surface area contributed by atoms with Crippen LogP contribution in [0.1, 0.15) is 80.6 Å². The monoisotopic (exact) mass is 476 g/mol. The van der Waals surface area contributed by atoms with Crippen molar-refractivity contribution in [3.8, 4) is 12.8 Å². The quantitative estimate of drug-likeness (QED) is 0.395. The first-order valence-corrected chi connectivity index (χ1v) is 12.9. The molecule has 3 N–H and O–H groups in total. The molecule has 4 aliphatic carbocycles. The third kappa shape index (κ3) is 6.27. The third-order valence-corrected chi connectivity index (χ3v) is 8.02. The predicted octanol–water partition coefficient (Wildman–Crippen LogP) is 4.74. The fraction of sp³-hybridized carbons (Fsp3) is 0.724. The fourth-order valence-electron chi connectivity index (χ4n) is 6.72. The molecule has 0 aromatic heterocycles. The third-order valence-electron chi connectivity index (χ3n) is 8.02. The molecule has 4 aliphatic rings. The van der Waals surface area contributed by atoms with Crippen molar-refractivity contribution < 1.29 is 24.9 Å². The van der Waals surface area contributed by atoms with Crippen LogP contribution in [0.2, 0.25) is 0 Å². The molecule has 5 nitrogen and oxygen atoms in total. The second-order valence-electron chi connectivity index (χ2n) is 9.64. The Morgan fingerprint density at radius 2 is 1.74 bits per heavy atom. The Hall–Kier alpha value is -1.74. The van der Waals surface area contributed by atoms with Gasteiger partial charge in [0, 0.05) is 24.4 Å². The summed E-state index contributed by atoms with van der Waals surface area (Å²) in [5.74, 6) is 1.47. The SMILES string of the molecule is C#C.CC.CC.CC1CC2C3CCC4=CC(=O)C=CC4(C)C3C(O)CC2(C)[C@@H]1O.O=CCCO. The minimum absolute atomic E-state index is 0.0243. The molecule has 3 saturated carbocycles. The standard InChI is InChI=1S/C20H28O3.C3H6O2.2C2H6.C2H2/c1-11-8-15-14-5-4-12-9-13(21)6-7-19(12,2)17(14)16(22)10-20(15,3)18(11)23;4-2-1-3-5;3*1-2/h6-7,9,11,14-18,22-23H,4-5,8,10H2,1-3H3;2,5H,1,3H2;2*1-2H3;1-2H/t11?,14?,15?,16?,17?,18-,19?,20?;;;;/m1..../s1. The van der Waals surface area contributed by atoms with E-state index >= 15 is 0 Å². The summed E-state index contributed by atoms with van der Waals surface area (Å²) in [4.78, 5) is 21.0.